The van der Waals surface area contributed by atoms with Crippen LogP contribution in [-0.2, 0) is 14.9 Å². The van der Waals surface area contributed by atoms with Crippen molar-refractivity contribution in [2.24, 2.45) is 0 Å². The number of ether oxygens (including phenoxy) is 1. The van der Waals surface area contributed by atoms with Crippen LogP contribution in [0.1, 0.15) is 11.1 Å². The smallest absolute Gasteiger partial charge is 0.299 e. The van der Waals surface area contributed by atoms with E-state index in [4.69, 9.17) is 9.84 Å². The highest BCUT2D eigenvalue weighted by molar-refractivity contribution is 7.90. The summed E-state index contributed by atoms with van der Waals surface area (Å²) in [4.78, 5) is 0. The zero-order valence-electron chi connectivity index (χ0n) is 11.4. The van der Waals surface area contributed by atoms with Crippen molar-refractivity contribution >= 4 is 15.9 Å². The molecular formula is C13H18N2O4S. The molecule has 0 atom stereocenters. The number of aliphatic hydroxyl groups excluding tert-OH is 1. The van der Waals surface area contributed by atoms with Gasteiger partial charge in [0.25, 0.3) is 10.2 Å². The predicted molar refractivity (Wildman–Crippen MR) is 77.6 cm³/mol. The summed E-state index contributed by atoms with van der Waals surface area (Å²) in [6.07, 6.45) is 0. The topological polar surface area (TPSA) is 87.7 Å². The van der Waals surface area contributed by atoms with Crippen molar-refractivity contribution in [2.75, 3.05) is 31.6 Å². The number of rotatable bonds is 6. The van der Waals surface area contributed by atoms with Gasteiger partial charge in [-0.05, 0) is 30.7 Å². The molecule has 0 unspecified atom stereocenters. The Hall–Kier alpha value is -1.59. The number of methoxy groups -OCH3 is 1. The average molecular weight is 298 g/mol. The molecule has 0 saturated carbocycles. The minimum absolute atomic E-state index is 0.199. The van der Waals surface area contributed by atoms with Crippen molar-refractivity contribution in [1.29, 1.82) is 0 Å². The SMILES string of the molecule is COCCNS(=O)(=O)Nc1ccc(C#CCO)c(C)c1. The van der Waals surface area contributed by atoms with Gasteiger partial charge in [-0.25, -0.2) is 0 Å². The molecule has 6 nitrogen and oxygen atoms in total. The number of aliphatic hydroxyl groups is 1. The Morgan fingerprint density at radius 3 is 2.75 bits per heavy atom. The first-order chi connectivity index (χ1) is 9.48. The summed E-state index contributed by atoms with van der Waals surface area (Å²) < 4.78 is 32.9. The number of nitrogens with one attached hydrogen (secondary N) is 2. The fourth-order valence-electron chi connectivity index (χ4n) is 1.47. The van der Waals surface area contributed by atoms with Crippen molar-refractivity contribution < 1.29 is 18.3 Å². The molecule has 1 rings (SSSR count). The van der Waals surface area contributed by atoms with Crippen LogP contribution in [0.2, 0.25) is 0 Å². The molecule has 0 amide bonds. The Kier molecular flexibility index (Phi) is 6.48. The molecule has 0 bridgehead atoms. The van der Waals surface area contributed by atoms with E-state index in [2.05, 4.69) is 21.3 Å². The first-order valence-corrected chi connectivity index (χ1v) is 7.43. The van der Waals surface area contributed by atoms with Crippen LogP contribution in [0.3, 0.4) is 0 Å². The number of benzene rings is 1. The van der Waals surface area contributed by atoms with Gasteiger partial charge in [0.15, 0.2) is 0 Å². The number of hydrogen-bond acceptors (Lipinski definition) is 4. The van der Waals surface area contributed by atoms with Crippen molar-refractivity contribution in [2.45, 2.75) is 6.92 Å². The van der Waals surface area contributed by atoms with Gasteiger partial charge in [-0.2, -0.15) is 13.1 Å². The fraction of sp³-hybridized carbons (Fsp3) is 0.385. The molecule has 0 aromatic heterocycles. The van der Waals surface area contributed by atoms with Crippen LogP contribution in [0.4, 0.5) is 5.69 Å². The monoisotopic (exact) mass is 298 g/mol. The van der Waals surface area contributed by atoms with Crippen LogP contribution < -0.4 is 9.44 Å². The molecule has 1 aromatic rings. The summed E-state index contributed by atoms with van der Waals surface area (Å²) in [6.45, 7) is 2.11. The summed E-state index contributed by atoms with van der Waals surface area (Å²) in [7, 11) is -2.11. The Labute approximate surface area is 119 Å². The summed E-state index contributed by atoms with van der Waals surface area (Å²) in [5.74, 6) is 5.33. The lowest BCUT2D eigenvalue weighted by Gasteiger charge is -2.10. The first kappa shape index (κ1) is 16.5. The minimum Gasteiger partial charge on any atom is -0.384 e. The van der Waals surface area contributed by atoms with Crippen LogP contribution in [0.25, 0.3) is 0 Å². The maximum Gasteiger partial charge on any atom is 0.299 e. The molecule has 0 heterocycles. The van der Waals surface area contributed by atoms with Crippen molar-refractivity contribution in [3.05, 3.63) is 29.3 Å². The van der Waals surface area contributed by atoms with Gasteiger partial charge in [0.1, 0.15) is 6.61 Å². The van der Waals surface area contributed by atoms with Crippen molar-refractivity contribution in [3.63, 3.8) is 0 Å². The Morgan fingerprint density at radius 1 is 1.40 bits per heavy atom. The lowest BCUT2D eigenvalue weighted by Crippen LogP contribution is -2.32. The molecule has 3 N–H and O–H groups in total. The zero-order valence-corrected chi connectivity index (χ0v) is 12.3. The van der Waals surface area contributed by atoms with E-state index in [0.717, 1.165) is 11.1 Å². The maximum atomic E-state index is 11.7. The van der Waals surface area contributed by atoms with Crippen LogP contribution in [0.15, 0.2) is 18.2 Å². The zero-order chi connectivity index (χ0) is 15.0. The normalized spacial score (nSPS) is 10.8. The second kappa shape index (κ2) is 7.87. The first-order valence-electron chi connectivity index (χ1n) is 5.95. The lowest BCUT2D eigenvalue weighted by atomic mass is 10.1. The summed E-state index contributed by atoms with van der Waals surface area (Å²) in [5.41, 5.74) is 2.01. The highest BCUT2D eigenvalue weighted by Crippen LogP contribution is 2.15. The highest BCUT2D eigenvalue weighted by atomic mass is 32.2. The molecule has 7 heteroatoms. The molecule has 1 aromatic carbocycles. The summed E-state index contributed by atoms with van der Waals surface area (Å²) in [5, 5.41) is 8.64. The molecule has 0 aliphatic heterocycles. The van der Waals surface area contributed by atoms with Gasteiger partial charge in [-0.3, -0.25) is 4.72 Å². The number of aryl methyl sites for hydroxylation is 1. The Morgan fingerprint density at radius 2 is 2.15 bits per heavy atom. The predicted octanol–water partition coefficient (Wildman–Crippen LogP) is 0.232. The third-order valence-corrected chi connectivity index (χ3v) is 3.47. The van der Waals surface area contributed by atoms with Gasteiger partial charge >= 0.3 is 0 Å². The fourth-order valence-corrected chi connectivity index (χ4v) is 2.33. The molecule has 110 valence electrons. The molecule has 0 spiro atoms. The van der Waals surface area contributed by atoms with Crippen LogP contribution in [0.5, 0.6) is 0 Å². The van der Waals surface area contributed by atoms with Crippen LogP contribution in [-0.4, -0.2) is 40.4 Å². The van der Waals surface area contributed by atoms with E-state index >= 15 is 0 Å². The van der Waals surface area contributed by atoms with Gasteiger partial charge in [0.2, 0.25) is 0 Å². The molecule has 0 fully saturated rings. The molecule has 20 heavy (non-hydrogen) atoms. The van der Waals surface area contributed by atoms with E-state index in [1.165, 1.54) is 7.11 Å². The van der Waals surface area contributed by atoms with Gasteiger partial charge < -0.3 is 9.84 Å². The average Bonchev–Trinajstić information content (AvgIpc) is 2.37. The highest BCUT2D eigenvalue weighted by Gasteiger charge is 2.09. The second-order valence-electron chi connectivity index (χ2n) is 3.98. The van der Waals surface area contributed by atoms with E-state index in [0.29, 0.717) is 12.3 Å². The van der Waals surface area contributed by atoms with Gasteiger partial charge in [0.05, 0.1) is 12.3 Å². The van der Waals surface area contributed by atoms with Gasteiger partial charge in [-0.1, -0.05) is 11.8 Å². The molecule has 0 aliphatic rings. The Balaban J connectivity index is 2.76. The van der Waals surface area contributed by atoms with Crippen LogP contribution >= 0.6 is 0 Å². The summed E-state index contributed by atoms with van der Waals surface area (Å²) in [6, 6.07) is 4.99. The number of hydrogen-bond donors (Lipinski definition) is 3. The third kappa shape index (κ3) is 5.59. The van der Waals surface area contributed by atoms with E-state index in [1.54, 1.807) is 18.2 Å². The Bertz CT molecular complexity index is 603. The molecular weight excluding hydrogens is 280 g/mol. The second-order valence-corrected chi connectivity index (χ2v) is 5.48. The largest absolute Gasteiger partial charge is 0.384 e. The quantitative estimate of drug-likeness (QED) is 0.518. The van der Waals surface area contributed by atoms with E-state index in [9.17, 15) is 8.42 Å². The maximum absolute atomic E-state index is 11.7. The molecule has 0 aliphatic carbocycles. The standard InChI is InChI=1S/C13H18N2O4S/c1-11-10-13(6-5-12(11)4-3-8-16)15-20(17,18)14-7-9-19-2/h5-6,10,14-16H,7-9H2,1-2H3. The lowest BCUT2D eigenvalue weighted by molar-refractivity contribution is 0.204. The third-order valence-electron chi connectivity index (χ3n) is 2.38. The summed E-state index contributed by atoms with van der Waals surface area (Å²) >= 11 is 0. The molecule has 0 radical (unpaired) electrons. The van der Waals surface area contributed by atoms with E-state index in [1.807, 2.05) is 6.92 Å². The van der Waals surface area contributed by atoms with Crippen LogP contribution in [0, 0.1) is 18.8 Å². The van der Waals surface area contributed by atoms with E-state index in [-0.39, 0.29) is 13.2 Å². The van der Waals surface area contributed by atoms with Crippen molar-refractivity contribution in [1.82, 2.24) is 4.72 Å². The number of anilines is 1. The minimum atomic E-state index is -3.61. The van der Waals surface area contributed by atoms with Gasteiger partial charge in [-0.15, -0.1) is 0 Å². The van der Waals surface area contributed by atoms with E-state index < -0.39 is 10.2 Å². The van der Waals surface area contributed by atoms with Gasteiger partial charge in [0, 0.05) is 19.2 Å². The molecule has 0 saturated heterocycles. The van der Waals surface area contributed by atoms with Crippen molar-refractivity contribution in [3.8, 4) is 11.8 Å².